The van der Waals surface area contributed by atoms with Crippen molar-refractivity contribution in [3.05, 3.63) is 37.5 Å². The third-order valence-corrected chi connectivity index (χ3v) is 4.12. The van der Waals surface area contributed by atoms with E-state index in [-0.39, 0.29) is 5.91 Å². The molecule has 0 spiro atoms. The first-order chi connectivity index (χ1) is 11.2. The first-order valence-corrected chi connectivity index (χ1v) is 9.36. The number of hydrogen-bond acceptors (Lipinski definition) is 1. The van der Waals surface area contributed by atoms with E-state index in [2.05, 4.69) is 26.7 Å². The molecule has 2 nitrogen and oxygen atoms in total. The van der Waals surface area contributed by atoms with E-state index in [1.54, 1.807) is 17.1 Å². The molecule has 0 atom stereocenters. The summed E-state index contributed by atoms with van der Waals surface area (Å²) in [4.78, 5) is 14.0. The van der Waals surface area contributed by atoms with Gasteiger partial charge in [0.1, 0.15) is 0 Å². The van der Waals surface area contributed by atoms with E-state index in [9.17, 15) is 4.79 Å². The highest BCUT2D eigenvalue weighted by Crippen LogP contribution is 2.14. The van der Waals surface area contributed by atoms with Gasteiger partial charge in [-0.05, 0) is 12.8 Å². The molecule has 0 fully saturated rings. The first kappa shape index (κ1) is 21.7. The predicted octanol–water partition coefficient (Wildman–Crippen LogP) is 6.05. The lowest BCUT2D eigenvalue weighted by Crippen LogP contribution is -2.32. The molecule has 0 unspecified atom stereocenters. The zero-order chi connectivity index (χ0) is 17.3. The van der Waals surface area contributed by atoms with Gasteiger partial charge in [0.15, 0.2) is 0 Å². The van der Waals surface area contributed by atoms with Crippen LogP contribution in [0.2, 0.25) is 0 Å². The van der Waals surface area contributed by atoms with E-state index in [0.717, 1.165) is 12.8 Å². The molecule has 0 radical (unpaired) electrons. The Morgan fingerprint density at radius 3 is 1.70 bits per heavy atom. The van der Waals surface area contributed by atoms with Gasteiger partial charge in [-0.3, -0.25) is 4.79 Å². The van der Waals surface area contributed by atoms with E-state index in [1.807, 2.05) is 0 Å². The van der Waals surface area contributed by atoms with E-state index < -0.39 is 0 Å². The molecule has 0 bridgehead atoms. The molecule has 23 heavy (non-hydrogen) atoms. The fraction of sp³-hybridized carbons (Fsp3) is 0.667. The van der Waals surface area contributed by atoms with Crippen molar-refractivity contribution in [2.24, 2.45) is 0 Å². The summed E-state index contributed by atoms with van der Waals surface area (Å²) in [6, 6.07) is 0. The van der Waals surface area contributed by atoms with Crippen LogP contribution in [0.4, 0.5) is 0 Å². The van der Waals surface area contributed by atoms with Gasteiger partial charge >= 0.3 is 0 Å². The number of unbranched alkanes of at least 4 members (excludes halogenated alkanes) is 9. The maximum absolute atomic E-state index is 12.2. The SMILES string of the molecule is C=CCN(CC=C)C(=O)C(=C)CCCCCCCCCCCC. The predicted molar refractivity (Wildman–Crippen MR) is 103 cm³/mol. The average Bonchev–Trinajstić information content (AvgIpc) is 2.55. The Bertz CT molecular complexity index is 336. The van der Waals surface area contributed by atoms with Crippen LogP contribution in [0, 0.1) is 0 Å². The number of carbonyl (C=O) groups is 1. The van der Waals surface area contributed by atoms with Crippen LogP contribution in [0.5, 0.6) is 0 Å². The summed E-state index contributed by atoms with van der Waals surface area (Å²) >= 11 is 0. The maximum atomic E-state index is 12.2. The second kappa shape index (κ2) is 15.6. The zero-order valence-corrected chi connectivity index (χ0v) is 15.3. The minimum atomic E-state index is 0.0423. The van der Waals surface area contributed by atoms with Gasteiger partial charge in [0, 0.05) is 18.7 Å². The molecule has 1 amide bonds. The lowest BCUT2D eigenvalue weighted by molar-refractivity contribution is -0.126. The van der Waals surface area contributed by atoms with Crippen LogP contribution in [0.25, 0.3) is 0 Å². The summed E-state index contributed by atoms with van der Waals surface area (Å²) in [7, 11) is 0. The van der Waals surface area contributed by atoms with E-state index >= 15 is 0 Å². The molecule has 0 saturated carbocycles. The second-order valence-electron chi connectivity index (χ2n) is 6.32. The third kappa shape index (κ3) is 11.9. The van der Waals surface area contributed by atoms with Crippen molar-refractivity contribution in [2.45, 2.75) is 77.6 Å². The lowest BCUT2D eigenvalue weighted by atomic mass is 10.0. The topological polar surface area (TPSA) is 20.3 Å². The molecule has 0 rings (SSSR count). The van der Waals surface area contributed by atoms with E-state index in [0.29, 0.717) is 18.7 Å². The molecule has 0 aliphatic carbocycles. The van der Waals surface area contributed by atoms with Crippen LogP contribution in [0.3, 0.4) is 0 Å². The Morgan fingerprint density at radius 1 is 0.826 bits per heavy atom. The molecular formula is C21H37NO. The maximum Gasteiger partial charge on any atom is 0.249 e. The molecule has 2 heteroatoms. The van der Waals surface area contributed by atoms with Crippen LogP contribution >= 0.6 is 0 Å². The molecule has 0 aromatic carbocycles. The van der Waals surface area contributed by atoms with Crippen molar-refractivity contribution >= 4 is 5.91 Å². The van der Waals surface area contributed by atoms with Crippen LogP contribution in [0.15, 0.2) is 37.5 Å². The second-order valence-corrected chi connectivity index (χ2v) is 6.32. The Morgan fingerprint density at radius 2 is 1.26 bits per heavy atom. The Labute approximate surface area is 144 Å². The van der Waals surface area contributed by atoms with Crippen molar-refractivity contribution in [1.29, 1.82) is 0 Å². The smallest absolute Gasteiger partial charge is 0.249 e. The Balaban J connectivity index is 3.67. The first-order valence-electron chi connectivity index (χ1n) is 9.36. The molecule has 0 aliphatic rings. The van der Waals surface area contributed by atoms with Crippen molar-refractivity contribution in [1.82, 2.24) is 4.90 Å². The third-order valence-electron chi connectivity index (χ3n) is 4.12. The van der Waals surface area contributed by atoms with E-state index in [4.69, 9.17) is 0 Å². The summed E-state index contributed by atoms with van der Waals surface area (Å²) in [6.07, 6.45) is 17.4. The van der Waals surface area contributed by atoms with Crippen molar-refractivity contribution < 1.29 is 4.79 Å². The van der Waals surface area contributed by atoms with Gasteiger partial charge in [0.2, 0.25) is 5.91 Å². The van der Waals surface area contributed by atoms with Gasteiger partial charge in [-0.15, -0.1) is 13.2 Å². The standard InChI is InChI=1S/C21H37NO/c1-5-8-9-10-11-12-13-14-15-16-17-20(4)21(23)22(18-6-2)19-7-3/h6-7H,2-5,8-19H2,1H3. The van der Waals surface area contributed by atoms with Gasteiger partial charge in [-0.25, -0.2) is 0 Å². The van der Waals surface area contributed by atoms with Crippen molar-refractivity contribution in [3.63, 3.8) is 0 Å². The van der Waals surface area contributed by atoms with Gasteiger partial charge in [0.25, 0.3) is 0 Å². The zero-order valence-electron chi connectivity index (χ0n) is 15.3. The van der Waals surface area contributed by atoms with Crippen LogP contribution in [0.1, 0.15) is 77.6 Å². The molecule has 132 valence electrons. The molecule has 0 N–H and O–H groups in total. The molecule has 0 saturated heterocycles. The molecule has 0 aliphatic heterocycles. The van der Waals surface area contributed by atoms with E-state index in [1.165, 1.54) is 57.8 Å². The van der Waals surface area contributed by atoms with Crippen molar-refractivity contribution in [3.8, 4) is 0 Å². The molecular weight excluding hydrogens is 282 g/mol. The monoisotopic (exact) mass is 319 g/mol. The van der Waals surface area contributed by atoms with Crippen LogP contribution < -0.4 is 0 Å². The van der Waals surface area contributed by atoms with Crippen molar-refractivity contribution in [2.75, 3.05) is 13.1 Å². The van der Waals surface area contributed by atoms with Crippen LogP contribution in [-0.4, -0.2) is 23.9 Å². The Hall–Kier alpha value is -1.31. The molecule has 0 aromatic rings. The number of amides is 1. The highest BCUT2D eigenvalue weighted by molar-refractivity contribution is 5.92. The number of hydrogen-bond donors (Lipinski definition) is 0. The molecule has 0 aromatic heterocycles. The normalized spacial score (nSPS) is 10.3. The average molecular weight is 320 g/mol. The lowest BCUT2D eigenvalue weighted by Gasteiger charge is -2.20. The van der Waals surface area contributed by atoms with Gasteiger partial charge in [0.05, 0.1) is 0 Å². The summed E-state index contributed by atoms with van der Waals surface area (Å²) in [6.45, 7) is 14.7. The summed E-state index contributed by atoms with van der Waals surface area (Å²) in [5, 5.41) is 0. The number of nitrogens with zero attached hydrogens (tertiary/aromatic N) is 1. The minimum Gasteiger partial charge on any atom is -0.332 e. The highest BCUT2D eigenvalue weighted by atomic mass is 16.2. The quantitative estimate of drug-likeness (QED) is 0.192. The van der Waals surface area contributed by atoms with Gasteiger partial charge in [-0.1, -0.05) is 83.4 Å². The number of carbonyl (C=O) groups excluding carboxylic acids is 1. The van der Waals surface area contributed by atoms with Crippen LogP contribution in [-0.2, 0) is 4.79 Å². The summed E-state index contributed by atoms with van der Waals surface area (Å²) in [5.41, 5.74) is 0.716. The fourth-order valence-corrected chi connectivity index (χ4v) is 2.71. The summed E-state index contributed by atoms with van der Waals surface area (Å²) in [5.74, 6) is 0.0423. The summed E-state index contributed by atoms with van der Waals surface area (Å²) < 4.78 is 0. The van der Waals surface area contributed by atoms with Gasteiger partial charge in [-0.2, -0.15) is 0 Å². The number of rotatable bonds is 16. The minimum absolute atomic E-state index is 0.0423. The fourth-order valence-electron chi connectivity index (χ4n) is 2.71. The van der Waals surface area contributed by atoms with Gasteiger partial charge < -0.3 is 4.90 Å². The highest BCUT2D eigenvalue weighted by Gasteiger charge is 2.13. The largest absolute Gasteiger partial charge is 0.332 e. The Kier molecular flexibility index (Phi) is 14.7. The molecule has 0 heterocycles.